The topological polar surface area (TPSA) is 12.0 Å². The molecule has 1 atom stereocenters. The summed E-state index contributed by atoms with van der Waals surface area (Å²) >= 11 is 0. The number of benzene rings is 1. The average Bonchev–Trinajstić information content (AvgIpc) is 2.56. The third-order valence-corrected chi connectivity index (χ3v) is 3.38. The molecule has 1 aliphatic heterocycles. The molecule has 1 unspecified atom stereocenters. The van der Waals surface area contributed by atoms with Crippen LogP contribution in [0.3, 0.4) is 0 Å². The highest BCUT2D eigenvalue weighted by Crippen LogP contribution is 2.36. The molecule has 3 rings (SSSR count). The second-order valence-electron chi connectivity index (χ2n) is 4.42. The molecule has 1 heterocycles. The van der Waals surface area contributed by atoms with E-state index in [1.54, 1.807) is 0 Å². The van der Waals surface area contributed by atoms with Gasteiger partial charge in [-0.15, -0.1) is 0 Å². The third kappa shape index (κ3) is 1.27. The number of hydrogen-bond acceptors (Lipinski definition) is 1. The summed E-state index contributed by atoms with van der Waals surface area (Å²) in [7, 11) is 0. The van der Waals surface area contributed by atoms with Crippen LogP contribution in [0.5, 0.6) is 0 Å². The van der Waals surface area contributed by atoms with Gasteiger partial charge in [0.25, 0.3) is 0 Å². The molecule has 0 bridgehead atoms. The van der Waals surface area contributed by atoms with Crippen LogP contribution in [0.25, 0.3) is 0 Å². The Morgan fingerprint density at radius 3 is 2.93 bits per heavy atom. The van der Waals surface area contributed by atoms with E-state index in [1.165, 1.54) is 30.4 Å². The number of nitrogens with one attached hydrogen (secondary N) is 1. The zero-order chi connectivity index (χ0) is 9.43. The van der Waals surface area contributed by atoms with Crippen molar-refractivity contribution < 1.29 is 0 Å². The second kappa shape index (κ2) is 3.09. The van der Waals surface area contributed by atoms with Gasteiger partial charge in [0.15, 0.2) is 0 Å². The van der Waals surface area contributed by atoms with Crippen molar-refractivity contribution in [3.8, 4) is 0 Å². The quantitative estimate of drug-likeness (QED) is 0.653. The van der Waals surface area contributed by atoms with Gasteiger partial charge in [-0.05, 0) is 36.9 Å². The van der Waals surface area contributed by atoms with Crippen LogP contribution in [-0.2, 0) is 6.42 Å². The maximum absolute atomic E-state index is 3.64. The van der Waals surface area contributed by atoms with Gasteiger partial charge in [-0.2, -0.15) is 0 Å². The molecule has 1 aromatic carbocycles. The standard InChI is InChI=1S/C13H15N/c1-2-6-12-10-13(9-11(12)5-1)7-3-4-8-14-13/h1-2,5-6,14H,3-4,7-9H2. The van der Waals surface area contributed by atoms with E-state index in [4.69, 9.17) is 0 Å². The van der Waals surface area contributed by atoms with E-state index in [1.807, 2.05) is 0 Å². The lowest BCUT2D eigenvalue weighted by atomic mass is 9.86. The van der Waals surface area contributed by atoms with Gasteiger partial charge in [-0.3, -0.25) is 0 Å². The molecule has 1 nitrogen and oxygen atoms in total. The highest BCUT2D eigenvalue weighted by Gasteiger charge is 2.38. The summed E-state index contributed by atoms with van der Waals surface area (Å²) in [5, 5.41) is 3.63. The van der Waals surface area contributed by atoms with Crippen molar-refractivity contribution in [2.45, 2.75) is 31.2 Å². The summed E-state index contributed by atoms with van der Waals surface area (Å²) in [5.41, 5.74) is 2.96. The van der Waals surface area contributed by atoms with Gasteiger partial charge < -0.3 is 5.32 Å². The molecular weight excluding hydrogens is 170 g/mol. The Hall–Kier alpha value is -0.820. The molecule has 1 spiro atoms. The Labute approximate surface area is 85.5 Å². The van der Waals surface area contributed by atoms with Crippen LogP contribution in [0.1, 0.15) is 30.4 Å². The SMILES string of the molecule is [C]1c2ccccc2CC12CCCCN2. The number of hydrogen-bond donors (Lipinski definition) is 1. The van der Waals surface area contributed by atoms with E-state index in [0.29, 0.717) is 0 Å². The largest absolute Gasteiger partial charge is 0.310 e. The van der Waals surface area contributed by atoms with Crippen molar-refractivity contribution >= 4 is 0 Å². The lowest BCUT2D eigenvalue weighted by Crippen LogP contribution is -2.48. The third-order valence-electron chi connectivity index (χ3n) is 3.38. The molecular formula is C13H15N. The minimum atomic E-state index is 0.182. The summed E-state index contributed by atoms with van der Waals surface area (Å²) in [6, 6.07) is 8.64. The predicted octanol–water partition coefficient (Wildman–Crippen LogP) is 2.18. The monoisotopic (exact) mass is 185 g/mol. The Kier molecular flexibility index (Phi) is 1.88. The first-order valence-corrected chi connectivity index (χ1v) is 5.49. The van der Waals surface area contributed by atoms with Crippen LogP contribution in [0.2, 0.25) is 0 Å². The molecule has 2 aliphatic rings. The lowest BCUT2D eigenvalue weighted by Gasteiger charge is -2.34. The molecule has 0 amide bonds. The zero-order valence-electron chi connectivity index (χ0n) is 8.34. The van der Waals surface area contributed by atoms with Crippen LogP contribution >= 0.6 is 0 Å². The van der Waals surface area contributed by atoms with Gasteiger partial charge in [0.05, 0.1) is 0 Å². The minimum absolute atomic E-state index is 0.182. The first-order chi connectivity index (χ1) is 6.88. The molecule has 1 aliphatic carbocycles. The van der Waals surface area contributed by atoms with Gasteiger partial charge in [0, 0.05) is 12.0 Å². The summed E-state index contributed by atoms with van der Waals surface area (Å²) in [4.78, 5) is 0. The molecule has 1 N–H and O–H groups in total. The van der Waals surface area contributed by atoms with E-state index in [9.17, 15) is 0 Å². The fourth-order valence-electron chi connectivity index (χ4n) is 2.65. The first-order valence-electron chi connectivity index (χ1n) is 5.49. The van der Waals surface area contributed by atoms with E-state index >= 15 is 0 Å². The van der Waals surface area contributed by atoms with Crippen molar-refractivity contribution in [3.63, 3.8) is 0 Å². The Morgan fingerprint density at radius 1 is 1.21 bits per heavy atom. The molecule has 72 valence electrons. The first kappa shape index (κ1) is 8.49. The molecule has 1 aromatic rings. The summed E-state index contributed by atoms with van der Waals surface area (Å²) in [6.45, 7) is 1.15. The molecule has 1 fully saturated rings. The van der Waals surface area contributed by atoms with Crippen LogP contribution in [0.4, 0.5) is 0 Å². The maximum Gasteiger partial charge on any atom is 0.0389 e. The van der Waals surface area contributed by atoms with Crippen molar-refractivity contribution in [3.05, 3.63) is 41.8 Å². The summed E-state index contributed by atoms with van der Waals surface area (Å²) in [6.07, 6.45) is 8.69. The molecule has 14 heavy (non-hydrogen) atoms. The molecule has 1 saturated heterocycles. The molecule has 0 saturated carbocycles. The normalized spacial score (nSPS) is 23.7. The number of fused-ring (bicyclic) bond motifs is 1. The zero-order valence-corrected chi connectivity index (χ0v) is 8.34. The summed E-state index contributed by atoms with van der Waals surface area (Å²) < 4.78 is 0. The molecule has 2 radical (unpaired) electrons. The molecule has 0 aromatic heterocycles. The van der Waals surface area contributed by atoms with E-state index in [2.05, 4.69) is 36.0 Å². The number of piperidine rings is 1. The maximum atomic E-state index is 3.64. The predicted molar refractivity (Wildman–Crippen MR) is 57.1 cm³/mol. The van der Waals surface area contributed by atoms with Gasteiger partial charge >= 0.3 is 0 Å². The van der Waals surface area contributed by atoms with Gasteiger partial charge in [-0.25, -0.2) is 0 Å². The Balaban J connectivity index is 1.89. The van der Waals surface area contributed by atoms with Crippen molar-refractivity contribution in [2.75, 3.05) is 6.54 Å². The average molecular weight is 185 g/mol. The Bertz CT molecular complexity index is 310. The lowest BCUT2D eigenvalue weighted by molar-refractivity contribution is 0.308. The van der Waals surface area contributed by atoms with Crippen LogP contribution in [-0.4, -0.2) is 12.1 Å². The van der Waals surface area contributed by atoms with Gasteiger partial charge in [0.2, 0.25) is 0 Å². The summed E-state index contributed by atoms with van der Waals surface area (Å²) in [5.74, 6) is 0. The minimum Gasteiger partial charge on any atom is -0.310 e. The van der Waals surface area contributed by atoms with E-state index < -0.39 is 0 Å². The van der Waals surface area contributed by atoms with Crippen molar-refractivity contribution in [2.24, 2.45) is 0 Å². The van der Waals surface area contributed by atoms with E-state index in [-0.39, 0.29) is 5.54 Å². The fourth-order valence-corrected chi connectivity index (χ4v) is 2.65. The number of rotatable bonds is 0. The van der Waals surface area contributed by atoms with Crippen LogP contribution in [0, 0.1) is 6.42 Å². The highest BCUT2D eigenvalue weighted by atomic mass is 15.0. The second-order valence-corrected chi connectivity index (χ2v) is 4.42. The fraction of sp³-hybridized carbons (Fsp3) is 0.462. The van der Waals surface area contributed by atoms with Gasteiger partial charge in [-0.1, -0.05) is 30.7 Å². The molecule has 1 heteroatoms. The Morgan fingerprint density at radius 2 is 2.14 bits per heavy atom. The van der Waals surface area contributed by atoms with Crippen LogP contribution < -0.4 is 5.32 Å². The highest BCUT2D eigenvalue weighted by molar-refractivity contribution is 5.44. The van der Waals surface area contributed by atoms with E-state index in [0.717, 1.165) is 13.0 Å². The smallest absolute Gasteiger partial charge is 0.0389 e. The van der Waals surface area contributed by atoms with Gasteiger partial charge in [0.1, 0.15) is 0 Å². The van der Waals surface area contributed by atoms with Crippen molar-refractivity contribution in [1.82, 2.24) is 5.32 Å². The van der Waals surface area contributed by atoms with Crippen LogP contribution in [0.15, 0.2) is 24.3 Å². The van der Waals surface area contributed by atoms with Crippen molar-refractivity contribution in [1.29, 1.82) is 0 Å².